The van der Waals surface area contributed by atoms with E-state index in [-0.39, 0.29) is 0 Å². The summed E-state index contributed by atoms with van der Waals surface area (Å²) in [6.45, 7) is 16.0. The van der Waals surface area contributed by atoms with E-state index in [1.807, 2.05) is 0 Å². The molecule has 0 saturated carbocycles. The molecule has 0 aliphatic rings. The van der Waals surface area contributed by atoms with E-state index in [2.05, 4.69) is 207 Å². The van der Waals surface area contributed by atoms with E-state index in [4.69, 9.17) is 0 Å². The Kier molecular flexibility index (Phi) is 10.9. The highest BCUT2D eigenvalue weighted by Crippen LogP contribution is 2.35. The maximum Gasteiger partial charge on any atom is 0.0491 e. The Hall–Kier alpha value is -5.80. The van der Waals surface area contributed by atoms with Crippen molar-refractivity contribution in [1.29, 1.82) is 0 Å². The highest BCUT2D eigenvalue weighted by Gasteiger charge is 2.14. The van der Waals surface area contributed by atoms with Crippen LogP contribution in [0.5, 0.6) is 0 Å². The summed E-state index contributed by atoms with van der Waals surface area (Å²) in [6, 6.07) is 53.6. The molecule has 0 atom stereocenters. The molecule has 3 nitrogen and oxygen atoms in total. The van der Waals surface area contributed by atoms with Crippen LogP contribution in [0, 0.1) is 0 Å². The minimum absolute atomic E-state index is 0.908. The molecule has 7 aromatic rings. The summed E-state index contributed by atoms with van der Waals surface area (Å²) < 4.78 is 2.45. The largest absolute Gasteiger partial charge is 0.372 e. The molecule has 0 bridgehead atoms. The molecule has 0 unspecified atom stereocenters. The van der Waals surface area contributed by atoms with Crippen molar-refractivity contribution < 1.29 is 0 Å². The van der Waals surface area contributed by atoms with Crippen LogP contribution in [0.3, 0.4) is 0 Å². The molecule has 0 amide bonds. The number of benzene rings is 6. The van der Waals surface area contributed by atoms with Crippen LogP contribution in [0.1, 0.15) is 68.0 Å². The number of hydrogen-bond acceptors (Lipinski definition) is 2. The smallest absolute Gasteiger partial charge is 0.0491 e. The Morgan fingerprint density at radius 2 is 0.830 bits per heavy atom. The topological polar surface area (TPSA) is 11.4 Å². The fourth-order valence-electron chi connectivity index (χ4n) is 7.81. The van der Waals surface area contributed by atoms with Crippen molar-refractivity contribution in [2.24, 2.45) is 0 Å². The molecule has 0 N–H and O–H groups in total. The number of aromatic nitrogens is 1. The van der Waals surface area contributed by atoms with Gasteiger partial charge >= 0.3 is 0 Å². The van der Waals surface area contributed by atoms with Crippen molar-refractivity contribution in [3.8, 4) is 0 Å². The van der Waals surface area contributed by atoms with Gasteiger partial charge in [0.2, 0.25) is 0 Å². The molecule has 0 aliphatic heterocycles. The van der Waals surface area contributed by atoms with Crippen molar-refractivity contribution >= 4 is 56.5 Å². The van der Waals surface area contributed by atoms with Crippen LogP contribution in [0.4, 0.5) is 11.4 Å². The molecule has 53 heavy (non-hydrogen) atoms. The number of anilines is 2. The molecule has 0 radical (unpaired) electrons. The second-order valence-electron chi connectivity index (χ2n) is 13.6. The first kappa shape index (κ1) is 35.6. The zero-order chi connectivity index (χ0) is 36.7. The number of hydrogen-bond donors (Lipinski definition) is 0. The fourth-order valence-corrected chi connectivity index (χ4v) is 7.81. The second-order valence-corrected chi connectivity index (χ2v) is 13.6. The van der Waals surface area contributed by atoms with E-state index in [9.17, 15) is 0 Å². The average molecular weight is 694 g/mol. The molecule has 0 saturated heterocycles. The number of rotatable bonds is 13. The molecule has 0 fully saturated rings. The van der Waals surface area contributed by atoms with E-state index >= 15 is 0 Å². The zero-order valence-electron chi connectivity index (χ0n) is 31.9. The monoisotopic (exact) mass is 693 g/mol. The predicted molar refractivity (Wildman–Crippen MR) is 232 cm³/mol. The van der Waals surface area contributed by atoms with Gasteiger partial charge in [-0.3, -0.25) is 0 Å². The third-order valence-corrected chi connectivity index (χ3v) is 10.6. The maximum atomic E-state index is 2.45. The Bertz CT molecular complexity index is 2210. The van der Waals surface area contributed by atoms with E-state index in [0.29, 0.717) is 0 Å². The van der Waals surface area contributed by atoms with Crippen LogP contribution in [-0.4, -0.2) is 30.7 Å². The van der Waals surface area contributed by atoms with Gasteiger partial charge in [-0.1, -0.05) is 97.1 Å². The lowest BCUT2D eigenvalue weighted by Gasteiger charge is -2.22. The highest BCUT2D eigenvalue weighted by molar-refractivity contribution is 6.10. The van der Waals surface area contributed by atoms with E-state index in [0.717, 1.165) is 32.7 Å². The van der Waals surface area contributed by atoms with Crippen molar-refractivity contribution in [3.63, 3.8) is 0 Å². The first-order valence-electron chi connectivity index (χ1n) is 19.4. The minimum Gasteiger partial charge on any atom is -0.372 e. The van der Waals surface area contributed by atoms with Crippen LogP contribution in [0.15, 0.2) is 146 Å². The van der Waals surface area contributed by atoms with Gasteiger partial charge in [0.25, 0.3) is 0 Å². The average Bonchev–Trinajstić information content (AvgIpc) is 3.53. The molecular formula is C50H51N3. The van der Waals surface area contributed by atoms with Gasteiger partial charge in [0.15, 0.2) is 0 Å². The molecule has 7 rings (SSSR count). The molecule has 0 spiro atoms. The third kappa shape index (κ3) is 7.43. The van der Waals surface area contributed by atoms with Gasteiger partial charge in [-0.25, -0.2) is 0 Å². The number of aryl methyl sites for hydroxylation is 1. The van der Waals surface area contributed by atoms with Gasteiger partial charge in [-0.15, -0.1) is 0 Å². The molecule has 3 heteroatoms. The summed E-state index contributed by atoms with van der Waals surface area (Å²) in [5.41, 5.74) is 14.8. The maximum absolute atomic E-state index is 2.45. The first-order valence-corrected chi connectivity index (χ1v) is 19.4. The van der Waals surface area contributed by atoms with Crippen molar-refractivity contribution in [2.75, 3.05) is 36.0 Å². The molecular weight excluding hydrogens is 643 g/mol. The van der Waals surface area contributed by atoms with Gasteiger partial charge < -0.3 is 14.4 Å². The first-order chi connectivity index (χ1) is 26.0. The van der Waals surface area contributed by atoms with Crippen molar-refractivity contribution in [1.82, 2.24) is 4.57 Å². The molecule has 266 valence electrons. The summed E-state index contributed by atoms with van der Waals surface area (Å²) >= 11 is 0. The van der Waals surface area contributed by atoms with E-state index in [1.54, 1.807) is 0 Å². The Morgan fingerprint density at radius 1 is 0.434 bits per heavy atom. The van der Waals surface area contributed by atoms with Crippen LogP contribution in [0.25, 0.3) is 45.1 Å². The molecule has 1 heterocycles. The lowest BCUT2D eigenvalue weighted by molar-refractivity contribution is 0.827. The van der Waals surface area contributed by atoms with Crippen molar-refractivity contribution in [3.05, 3.63) is 179 Å². The Morgan fingerprint density at radius 3 is 1.21 bits per heavy atom. The summed E-state index contributed by atoms with van der Waals surface area (Å²) in [7, 11) is 0. The summed E-state index contributed by atoms with van der Waals surface area (Å²) in [5.74, 6) is 0. The highest BCUT2D eigenvalue weighted by atomic mass is 15.1. The number of nitrogens with zero attached hydrogens (tertiary/aromatic N) is 3. The lowest BCUT2D eigenvalue weighted by atomic mass is 9.94. The quantitative estimate of drug-likeness (QED) is 0.111. The Labute approximate surface area is 316 Å². The van der Waals surface area contributed by atoms with Gasteiger partial charge in [0.1, 0.15) is 0 Å². The van der Waals surface area contributed by atoms with E-state index < -0.39 is 0 Å². The SMILES string of the molecule is CCN(CC)c1cccc(/C(=C\c2ccc3c(c2)c2cc(/C=C(/c4ccccc4)c4cccc(N(CC)CC)c4)ccc2n3CC)c2ccccc2)c1. The third-order valence-electron chi connectivity index (χ3n) is 10.6. The van der Waals surface area contributed by atoms with Gasteiger partial charge in [-0.05, 0) is 140 Å². The zero-order valence-corrected chi connectivity index (χ0v) is 31.9. The summed E-state index contributed by atoms with van der Waals surface area (Å²) in [4.78, 5) is 4.82. The molecule has 1 aromatic heterocycles. The minimum atomic E-state index is 0.908. The normalized spacial score (nSPS) is 12.1. The van der Waals surface area contributed by atoms with Crippen LogP contribution in [0.2, 0.25) is 0 Å². The lowest BCUT2D eigenvalue weighted by Crippen LogP contribution is -2.21. The van der Waals surface area contributed by atoms with Gasteiger partial charge in [-0.2, -0.15) is 0 Å². The predicted octanol–water partition coefficient (Wildman–Crippen LogP) is 12.7. The second kappa shape index (κ2) is 16.3. The summed E-state index contributed by atoms with van der Waals surface area (Å²) in [6.07, 6.45) is 4.73. The van der Waals surface area contributed by atoms with Gasteiger partial charge in [0.05, 0.1) is 0 Å². The van der Waals surface area contributed by atoms with Crippen LogP contribution in [-0.2, 0) is 6.54 Å². The Balaban J connectivity index is 1.38. The standard InChI is InChI=1S/C50H51N3/c1-6-51(7-2)43-25-17-23-41(35-43)45(39-19-13-11-14-20-39)31-37-27-29-49-47(33-37)48-34-38(28-30-50(48)53(49)10-5)32-46(40-21-15-12-16-22-40)42-24-18-26-44(36-42)52(8-3)9-4/h11-36H,6-10H2,1-5H3/b45-31-,46-32-. The number of fused-ring (bicyclic) bond motifs is 3. The van der Waals surface area contributed by atoms with Gasteiger partial charge in [0, 0.05) is 65.9 Å². The van der Waals surface area contributed by atoms with Crippen molar-refractivity contribution in [2.45, 2.75) is 41.2 Å². The van der Waals surface area contributed by atoms with Crippen LogP contribution < -0.4 is 9.80 Å². The molecule has 0 aliphatic carbocycles. The summed E-state index contributed by atoms with van der Waals surface area (Å²) in [5, 5.41) is 2.56. The molecule has 6 aromatic carbocycles. The van der Waals surface area contributed by atoms with Crippen LogP contribution >= 0.6 is 0 Å². The fraction of sp³-hybridized carbons (Fsp3) is 0.200. The van der Waals surface area contributed by atoms with E-state index in [1.165, 1.54) is 77.7 Å².